The van der Waals surface area contributed by atoms with E-state index < -0.39 is 46.4 Å². The van der Waals surface area contributed by atoms with Crippen LogP contribution in [0.25, 0.3) is 0 Å². The van der Waals surface area contributed by atoms with Crippen molar-refractivity contribution in [3.63, 3.8) is 0 Å². The number of halogens is 3. The van der Waals surface area contributed by atoms with Crippen LogP contribution in [-0.2, 0) is 20.5 Å². The molecule has 0 radical (unpaired) electrons. The Balaban J connectivity index is 1.27. The number of carbonyl (C=O) groups excluding carboxylic acids is 1. The van der Waals surface area contributed by atoms with Crippen LogP contribution < -0.4 is 0 Å². The Kier molecular flexibility index (Phi) is 7.43. The predicted molar refractivity (Wildman–Crippen MR) is 156 cm³/mol. The summed E-state index contributed by atoms with van der Waals surface area (Å²) in [5, 5.41) is 8.23. The first-order chi connectivity index (χ1) is 20.6. The number of pyridine rings is 1. The van der Waals surface area contributed by atoms with Crippen LogP contribution in [0.4, 0.5) is 13.2 Å². The molecular weight excluding hydrogens is 571 g/mol. The maximum absolute atomic E-state index is 15.0. The number of benzene rings is 1. The summed E-state index contributed by atoms with van der Waals surface area (Å²) in [4.78, 5) is 22.9. The van der Waals surface area contributed by atoms with Crippen molar-refractivity contribution in [3.8, 4) is 0 Å². The van der Waals surface area contributed by atoms with E-state index >= 15 is 4.39 Å². The van der Waals surface area contributed by atoms with E-state index in [2.05, 4.69) is 35.9 Å². The van der Waals surface area contributed by atoms with Crippen molar-refractivity contribution in [2.45, 2.75) is 89.9 Å². The summed E-state index contributed by atoms with van der Waals surface area (Å²) in [5.74, 6) is -1.81. The molecule has 0 bridgehead atoms. The normalized spacial score (nSPS) is 23.9. The summed E-state index contributed by atoms with van der Waals surface area (Å²) in [7, 11) is 0. The molecule has 0 aliphatic carbocycles. The van der Waals surface area contributed by atoms with Gasteiger partial charge in [-0.05, 0) is 72.1 Å². The number of fused-ring (bicyclic) bond motifs is 2. The van der Waals surface area contributed by atoms with Gasteiger partial charge in [-0.15, -0.1) is 10.2 Å². The third kappa shape index (κ3) is 5.11. The van der Waals surface area contributed by atoms with Gasteiger partial charge in [-0.25, -0.2) is 13.2 Å². The first kappa shape index (κ1) is 30.7. The van der Waals surface area contributed by atoms with Crippen molar-refractivity contribution in [2.24, 2.45) is 5.92 Å². The zero-order valence-electron chi connectivity index (χ0n) is 26.4. The number of aryl methyl sites for hydroxylation is 2. The quantitative estimate of drug-likeness (QED) is 0.364. The van der Waals surface area contributed by atoms with Gasteiger partial charge in [0.25, 0.3) is 0 Å². The summed E-state index contributed by atoms with van der Waals surface area (Å²) in [6.07, 6.45) is 0.331. The molecule has 1 spiro atoms. The van der Waals surface area contributed by atoms with Crippen LogP contribution >= 0.6 is 0 Å². The molecule has 11 heteroatoms. The molecule has 0 saturated carbocycles. The van der Waals surface area contributed by atoms with E-state index in [1.165, 1.54) is 18.2 Å². The summed E-state index contributed by atoms with van der Waals surface area (Å²) in [5.41, 5.74) is 0.158. The van der Waals surface area contributed by atoms with E-state index in [0.717, 1.165) is 6.07 Å². The first-order valence-electron chi connectivity index (χ1n) is 15.3. The third-order valence-corrected chi connectivity index (χ3v) is 9.80. The zero-order valence-corrected chi connectivity index (χ0v) is 26.4. The Labute approximate surface area is 256 Å². The molecule has 2 saturated heterocycles. The molecule has 3 aromatic rings. The fraction of sp³-hybridized carbons (Fsp3) is 0.576. The minimum Gasteiger partial charge on any atom is -0.425 e. The number of carbonyl (C=O) groups is 1. The predicted octanol–water partition coefficient (Wildman–Crippen LogP) is 5.88. The van der Waals surface area contributed by atoms with Crippen LogP contribution in [0, 0.1) is 37.2 Å². The third-order valence-electron chi connectivity index (χ3n) is 9.80. The molecular formula is C33H40F3N5O3. The van der Waals surface area contributed by atoms with Crippen molar-refractivity contribution >= 4 is 5.91 Å². The highest BCUT2D eigenvalue weighted by atomic mass is 19.1. The Morgan fingerprint density at radius 1 is 0.955 bits per heavy atom. The summed E-state index contributed by atoms with van der Waals surface area (Å²) >= 11 is 0. The minimum atomic E-state index is -0.822. The number of likely N-dealkylation sites (tertiary alicyclic amines) is 2. The largest absolute Gasteiger partial charge is 0.425 e. The minimum absolute atomic E-state index is 0.0555. The molecule has 3 aliphatic rings. The molecule has 1 amide bonds. The number of hydrogen-bond donors (Lipinski definition) is 0. The van der Waals surface area contributed by atoms with Crippen molar-refractivity contribution in [2.75, 3.05) is 26.2 Å². The van der Waals surface area contributed by atoms with Gasteiger partial charge in [-0.3, -0.25) is 14.7 Å². The van der Waals surface area contributed by atoms with Crippen molar-refractivity contribution in [1.82, 2.24) is 25.0 Å². The fourth-order valence-corrected chi connectivity index (χ4v) is 7.11. The van der Waals surface area contributed by atoms with Crippen LogP contribution in [-0.4, -0.2) is 62.6 Å². The van der Waals surface area contributed by atoms with Crippen LogP contribution in [0.2, 0.25) is 0 Å². The Morgan fingerprint density at radius 3 is 2.27 bits per heavy atom. The Hall–Kier alpha value is -3.31. The molecule has 8 nitrogen and oxygen atoms in total. The van der Waals surface area contributed by atoms with E-state index in [4.69, 9.17) is 14.1 Å². The lowest BCUT2D eigenvalue weighted by Gasteiger charge is -2.41. The van der Waals surface area contributed by atoms with Gasteiger partial charge in [0.15, 0.2) is 0 Å². The van der Waals surface area contributed by atoms with E-state index in [9.17, 15) is 13.6 Å². The van der Waals surface area contributed by atoms with Gasteiger partial charge in [0.1, 0.15) is 23.1 Å². The van der Waals surface area contributed by atoms with E-state index in [1.54, 1.807) is 13.8 Å². The number of aromatic nitrogens is 3. The number of hydrogen-bond acceptors (Lipinski definition) is 7. The lowest BCUT2D eigenvalue weighted by atomic mass is 9.81. The monoisotopic (exact) mass is 611 g/mol. The molecule has 2 fully saturated rings. The fourth-order valence-electron chi connectivity index (χ4n) is 7.11. The average molecular weight is 612 g/mol. The first-order valence-corrected chi connectivity index (χ1v) is 15.3. The lowest BCUT2D eigenvalue weighted by molar-refractivity contribution is -0.152. The maximum atomic E-state index is 15.0. The van der Waals surface area contributed by atoms with Gasteiger partial charge in [0.05, 0.1) is 28.8 Å². The van der Waals surface area contributed by atoms with Crippen LogP contribution in [0.3, 0.4) is 0 Å². The SMILES string of the molecule is Cc1nnc(C(C)(C)C2OC3(CCN(C(=O)[C@@H]4CN(C(C)(C)C)C[C@H]4c4ccc(F)cc4F)CC3)c3nc(C)c(F)cc32)o1. The molecule has 3 atom stereocenters. The molecule has 1 aromatic carbocycles. The van der Waals surface area contributed by atoms with Crippen molar-refractivity contribution < 1.29 is 27.1 Å². The van der Waals surface area contributed by atoms with Gasteiger partial charge >= 0.3 is 0 Å². The second-order valence-corrected chi connectivity index (χ2v) is 14.1. The van der Waals surface area contributed by atoms with Gasteiger partial charge in [-0.2, -0.15) is 0 Å². The van der Waals surface area contributed by atoms with E-state index in [-0.39, 0.29) is 17.1 Å². The highest BCUT2D eigenvalue weighted by Crippen LogP contribution is 2.55. The molecule has 44 heavy (non-hydrogen) atoms. The molecule has 236 valence electrons. The highest BCUT2D eigenvalue weighted by Gasteiger charge is 2.55. The van der Waals surface area contributed by atoms with Crippen molar-refractivity contribution in [1.29, 1.82) is 0 Å². The number of nitrogens with zero attached hydrogens (tertiary/aromatic N) is 5. The summed E-state index contributed by atoms with van der Waals surface area (Å²) < 4.78 is 56.3. The standard InChI is InChI=1S/C33H40F3N5O3/c1-18-25(35)15-22-27(37-18)33(44-28(22)32(6,7)30-39-38-19(2)43-30)10-12-40(13-11-33)29(42)24-17-41(31(3,4)5)16-23(24)21-9-8-20(34)14-26(21)36/h8-9,14-15,23-24,28H,10-13,16-17H2,1-7H3/t23-,24+,28?/m0/s1. The van der Waals surface area contributed by atoms with Crippen LogP contribution in [0.15, 0.2) is 28.7 Å². The molecule has 5 heterocycles. The molecule has 3 aliphatic heterocycles. The molecule has 2 aromatic heterocycles. The number of amides is 1. The van der Waals surface area contributed by atoms with Gasteiger partial charge < -0.3 is 14.1 Å². The number of ether oxygens (including phenoxy) is 1. The summed E-state index contributed by atoms with van der Waals surface area (Å²) in [6.45, 7) is 15.2. The molecule has 1 unspecified atom stereocenters. The number of piperidine rings is 1. The lowest BCUT2D eigenvalue weighted by Crippen LogP contribution is -2.49. The van der Waals surface area contributed by atoms with Gasteiger partial charge in [0.2, 0.25) is 17.7 Å². The maximum Gasteiger partial charge on any atom is 0.227 e. The Morgan fingerprint density at radius 2 is 1.66 bits per heavy atom. The zero-order chi connectivity index (χ0) is 31.8. The van der Waals surface area contributed by atoms with Crippen molar-refractivity contribution in [3.05, 3.63) is 76.0 Å². The van der Waals surface area contributed by atoms with Gasteiger partial charge in [-0.1, -0.05) is 6.07 Å². The molecule has 6 rings (SSSR count). The summed E-state index contributed by atoms with van der Waals surface area (Å²) in [6, 6.07) is 5.11. The Bertz CT molecular complexity index is 1590. The highest BCUT2D eigenvalue weighted by molar-refractivity contribution is 5.81. The molecule has 0 N–H and O–H groups in total. The van der Waals surface area contributed by atoms with E-state index in [0.29, 0.717) is 67.6 Å². The van der Waals surface area contributed by atoms with Gasteiger partial charge in [0, 0.05) is 56.2 Å². The average Bonchev–Trinajstić information content (AvgIpc) is 3.67. The second-order valence-electron chi connectivity index (χ2n) is 14.1. The van der Waals surface area contributed by atoms with E-state index in [1.807, 2.05) is 18.7 Å². The smallest absolute Gasteiger partial charge is 0.227 e. The number of rotatable bonds is 4. The topological polar surface area (TPSA) is 84.6 Å². The second kappa shape index (κ2) is 10.7. The van der Waals surface area contributed by atoms with Crippen LogP contribution in [0.5, 0.6) is 0 Å². The van der Waals surface area contributed by atoms with Crippen LogP contribution in [0.1, 0.15) is 93.8 Å².